The van der Waals surface area contributed by atoms with Crippen molar-refractivity contribution in [3.8, 4) is 0 Å². The minimum atomic E-state index is 0.406. The van der Waals surface area contributed by atoms with Gasteiger partial charge in [0.05, 0.1) is 13.2 Å². The summed E-state index contributed by atoms with van der Waals surface area (Å²) in [5, 5.41) is 3.42. The van der Waals surface area contributed by atoms with Gasteiger partial charge in [-0.2, -0.15) is 0 Å². The van der Waals surface area contributed by atoms with Crippen LogP contribution in [0.2, 0.25) is 0 Å². The van der Waals surface area contributed by atoms with Crippen molar-refractivity contribution < 1.29 is 9.47 Å². The van der Waals surface area contributed by atoms with E-state index in [2.05, 4.69) is 29.6 Å². The smallest absolute Gasteiger partial charge is 0.0513 e. The summed E-state index contributed by atoms with van der Waals surface area (Å²) < 4.78 is 10.6. The predicted octanol–water partition coefficient (Wildman–Crippen LogP) is 2.17. The molecule has 0 aliphatic carbocycles. The number of hydrogen-bond acceptors (Lipinski definition) is 3. The molecule has 18 heavy (non-hydrogen) atoms. The average Bonchev–Trinajstić information content (AvgIpc) is 2.93. The second-order valence-electron chi connectivity index (χ2n) is 4.87. The molecule has 1 N–H and O–H groups in total. The molecule has 3 nitrogen and oxygen atoms in total. The highest BCUT2D eigenvalue weighted by Crippen LogP contribution is 2.28. The molecule has 0 bridgehead atoms. The lowest BCUT2D eigenvalue weighted by Gasteiger charge is -2.22. The Morgan fingerprint density at radius 1 is 1.39 bits per heavy atom. The van der Waals surface area contributed by atoms with Gasteiger partial charge in [-0.1, -0.05) is 24.3 Å². The molecule has 1 aromatic rings. The van der Waals surface area contributed by atoms with E-state index in [-0.39, 0.29) is 0 Å². The van der Waals surface area contributed by atoms with E-state index >= 15 is 0 Å². The summed E-state index contributed by atoms with van der Waals surface area (Å²) >= 11 is 0. The predicted molar refractivity (Wildman–Crippen MR) is 72.7 cm³/mol. The van der Waals surface area contributed by atoms with Gasteiger partial charge < -0.3 is 14.8 Å². The molecular weight excluding hydrogens is 226 g/mol. The molecule has 1 aromatic carbocycles. The van der Waals surface area contributed by atoms with Crippen molar-refractivity contribution >= 4 is 0 Å². The molecule has 1 aliphatic rings. The SMILES string of the molecule is CNC(c1ccc(CCOC)cc1)C1CCOC1. The van der Waals surface area contributed by atoms with Gasteiger partial charge in [0, 0.05) is 25.7 Å². The van der Waals surface area contributed by atoms with Crippen LogP contribution in [-0.2, 0) is 15.9 Å². The summed E-state index contributed by atoms with van der Waals surface area (Å²) in [7, 11) is 3.77. The first-order valence-corrected chi connectivity index (χ1v) is 6.68. The Hall–Kier alpha value is -0.900. The maximum absolute atomic E-state index is 5.48. The third kappa shape index (κ3) is 3.31. The van der Waals surface area contributed by atoms with Crippen LogP contribution in [0, 0.1) is 5.92 Å². The van der Waals surface area contributed by atoms with Gasteiger partial charge in [-0.05, 0) is 31.0 Å². The van der Waals surface area contributed by atoms with Crippen LogP contribution in [-0.4, -0.2) is 34.0 Å². The Balaban J connectivity index is 2.02. The van der Waals surface area contributed by atoms with E-state index in [1.54, 1.807) is 7.11 Å². The van der Waals surface area contributed by atoms with E-state index in [4.69, 9.17) is 9.47 Å². The molecule has 1 aliphatic heterocycles. The third-order valence-electron chi connectivity index (χ3n) is 3.68. The first-order chi connectivity index (χ1) is 8.85. The van der Waals surface area contributed by atoms with Crippen LogP contribution in [0.5, 0.6) is 0 Å². The molecule has 2 atom stereocenters. The molecule has 0 saturated carbocycles. The second kappa shape index (κ2) is 6.88. The summed E-state index contributed by atoms with van der Waals surface area (Å²) in [6, 6.07) is 9.27. The number of nitrogens with one attached hydrogen (secondary N) is 1. The van der Waals surface area contributed by atoms with E-state index in [9.17, 15) is 0 Å². The molecule has 0 radical (unpaired) electrons. The minimum absolute atomic E-state index is 0.406. The van der Waals surface area contributed by atoms with Crippen molar-refractivity contribution in [2.45, 2.75) is 18.9 Å². The molecule has 0 spiro atoms. The first-order valence-electron chi connectivity index (χ1n) is 6.68. The molecule has 0 aromatic heterocycles. The minimum Gasteiger partial charge on any atom is -0.384 e. The topological polar surface area (TPSA) is 30.5 Å². The van der Waals surface area contributed by atoms with Crippen molar-refractivity contribution in [1.29, 1.82) is 0 Å². The fraction of sp³-hybridized carbons (Fsp3) is 0.600. The molecule has 2 unspecified atom stereocenters. The lowest BCUT2D eigenvalue weighted by molar-refractivity contribution is 0.178. The molecular formula is C15H23NO2. The Bertz CT molecular complexity index is 344. The molecule has 100 valence electrons. The number of methoxy groups -OCH3 is 1. The Kier molecular flexibility index (Phi) is 5.17. The summed E-state index contributed by atoms with van der Waals surface area (Å²) in [5.74, 6) is 0.597. The van der Waals surface area contributed by atoms with Crippen LogP contribution < -0.4 is 5.32 Å². The summed E-state index contributed by atoms with van der Waals surface area (Å²) in [5.41, 5.74) is 2.69. The van der Waals surface area contributed by atoms with Gasteiger partial charge in [-0.25, -0.2) is 0 Å². The van der Waals surface area contributed by atoms with Crippen LogP contribution in [0.4, 0.5) is 0 Å². The van der Waals surface area contributed by atoms with Gasteiger partial charge in [-0.3, -0.25) is 0 Å². The number of hydrogen-bond donors (Lipinski definition) is 1. The summed E-state index contributed by atoms with van der Waals surface area (Å²) in [4.78, 5) is 0. The summed E-state index contributed by atoms with van der Waals surface area (Å²) in [6.45, 7) is 2.55. The van der Waals surface area contributed by atoms with Crippen LogP contribution in [0.15, 0.2) is 24.3 Å². The molecule has 1 fully saturated rings. The molecule has 3 heteroatoms. The van der Waals surface area contributed by atoms with Crippen LogP contribution >= 0.6 is 0 Å². The largest absolute Gasteiger partial charge is 0.384 e. The summed E-state index contributed by atoms with van der Waals surface area (Å²) in [6.07, 6.45) is 2.13. The van der Waals surface area contributed by atoms with E-state index < -0.39 is 0 Å². The van der Waals surface area contributed by atoms with E-state index in [1.807, 2.05) is 7.05 Å². The van der Waals surface area contributed by atoms with Gasteiger partial charge in [0.15, 0.2) is 0 Å². The zero-order valence-electron chi connectivity index (χ0n) is 11.3. The van der Waals surface area contributed by atoms with Crippen molar-refractivity contribution in [2.75, 3.05) is 34.0 Å². The van der Waals surface area contributed by atoms with Gasteiger partial charge in [-0.15, -0.1) is 0 Å². The normalized spacial score (nSPS) is 21.1. The average molecular weight is 249 g/mol. The fourth-order valence-corrected chi connectivity index (χ4v) is 2.60. The Morgan fingerprint density at radius 2 is 2.17 bits per heavy atom. The third-order valence-corrected chi connectivity index (χ3v) is 3.68. The quantitative estimate of drug-likeness (QED) is 0.838. The lowest BCUT2D eigenvalue weighted by Crippen LogP contribution is -2.25. The standard InChI is InChI=1S/C15H23NO2/c1-16-15(14-8-10-18-11-14)13-5-3-12(4-6-13)7-9-17-2/h3-6,14-16H,7-11H2,1-2H3. The monoisotopic (exact) mass is 249 g/mol. The Labute approximate surface area is 109 Å². The highest BCUT2D eigenvalue weighted by molar-refractivity contribution is 5.26. The van der Waals surface area contributed by atoms with Gasteiger partial charge in [0.2, 0.25) is 0 Å². The van der Waals surface area contributed by atoms with E-state index in [1.165, 1.54) is 11.1 Å². The Morgan fingerprint density at radius 3 is 2.72 bits per heavy atom. The molecule has 1 heterocycles. The van der Waals surface area contributed by atoms with Crippen LogP contribution in [0.3, 0.4) is 0 Å². The zero-order valence-corrected chi connectivity index (χ0v) is 11.3. The number of benzene rings is 1. The molecule has 0 amide bonds. The van der Waals surface area contributed by atoms with E-state index in [0.29, 0.717) is 12.0 Å². The number of rotatable bonds is 6. The van der Waals surface area contributed by atoms with Gasteiger partial charge >= 0.3 is 0 Å². The van der Waals surface area contributed by atoms with Crippen LogP contribution in [0.1, 0.15) is 23.6 Å². The van der Waals surface area contributed by atoms with Crippen molar-refractivity contribution in [1.82, 2.24) is 5.32 Å². The van der Waals surface area contributed by atoms with Gasteiger partial charge in [0.1, 0.15) is 0 Å². The van der Waals surface area contributed by atoms with Crippen LogP contribution in [0.25, 0.3) is 0 Å². The van der Waals surface area contributed by atoms with Crippen molar-refractivity contribution in [2.24, 2.45) is 5.92 Å². The molecule has 1 saturated heterocycles. The maximum atomic E-state index is 5.48. The van der Waals surface area contributed by atoms with E-state index in [0.717, 1.165) is 32.7 Å². The fourth-order valence-electron chi connectivity index (χ4n) is 2.60. The van der Waals surface area contributed by atoms with Crippen molar-refractivity contribution in [3.63, 3.8) is 0 Å². The van der Waals surface area contributed by atoms with Crippen molar-refractivity contribution in [3.05, 3.63) is 35.4 Å². The highest BCUT2D eigenvalue weighted by atomic mass is 16.5. The maximum Gasteiger partial charge on any atom is 0.0513 e. The number of ether oxygens (including phenoxy) is 2. The highest BCUT2D eigenvalue weighted by Gasteiger charge is 2.25. The first kappa shape index (κ1) is 13.5. The zero-order chi connectivity index (χ0) is 12.8. The molecule has 2 rings (SSSR count). The van der Waals surface area contributed by atoms with Gasteiger partial charge in [0.25, 0.3) is 0 Å². The second-order valence-corrected chi connectivity index (χ2v) is 4.87. The lowest BCUT2D eigenvalue weighted by atomic mass is 9.92.